The zero-order valence-corrected chi connectivity index (χ0v) is 12.3. The fourth-order valence-corrected chi connectivity index (χ4v) is 3.30. The van der Waals surface area contributed by atoms with E-state index in [1.807, 2.05) is 0 Å². The SMILES string of the molecule is CCc1cccc(C(F)(F)F)c1S(=O)(=O)OO[PH](C)=O. The van der Waals surface area contributed by atoms with Crippen molar-refractivity contribution >= 4 is 18.1 Å². The molecule has 1 aromatic carbocycles. The van der Waals surface area contributed by atoms with Crippen LogP contribution in [0.25, 0.3) is 0 Å². The molecule has 0 heterocycles. The van der Waals surface area contributed by atoms with Crippen LogP contribution in [0, 0.1) is 0 Å². The zero-order valence-electron chi connectivity index (χ0n) is 10.5. The number of benzene rings is 1. The first-order valence-electron chi connectivity index (χ1n) is 5.40. The van der Waals surface area contributed by atoms with Gasteiger partial charge in [0, 0.05) is 6.66 Å². The van der Waals surface area contributed by atoms with Gasteiger partial charge < -0.3 is 0 Å². The van der Waals surface area contributed by atoms with Crippen molar-refractivity contribution in [3.63, 3.8) is 0 Å². The minimum atomic E-state index is -4.87. The summed E-state index contributed by atoms with van der Waals surface area (Å²) >= 11 is 0. The lowest BCUT2D eigenvalue weighted by Gasteiger charge is -2.15. The number of alkyl halides is 3. The van der Waals surface area contributed by atoms with Gasteiger partial charge in [0.15, 0.2) is 0 Å². The normalized spacial score (nSPS) is 14.2. The van der Waals surface area contributed by atoms with Crippen molar-refractivity contribution in [3.8, 4) is 0 Å². The largest absolute Gasteiger partial charge is 0.417 e. The molecule has 20 heavy (non-hydrogen) atoms. The van der Waals surface area contributed by atoms with Crippen LogP contribution in [0.5, 0.6) is 0 Å². The van der Waals surface area contributed by atoms with Gasteiger partial charge in [-0.3, -0.25) is 4.57 Å². The van der Waals surface area contributed by atoms with Crippen LogP contribution in [0.15, 0.2) is 23.1 Å². The molecule has 0 aliphatic rings. The summed E-state index contributed by atoms with van der Waals surface area (Å²) in [6, 6.07) is 2.97. The maximum atomic E-state index is 12.9. The highest BCUT2D eigenvalue weighted by atomic mass is 32.2. The van der Waals surface area contributed by atoms with Gasteiger partial charge in [-0.05, 0) is 18.1 Å². The molecule has 0 saturated carbocycles. The molecule has 0 aromatic heterocycles. The Morgan fingerprint density at radius 1 is 1.30 bits per heavy atom. The van der Waals surface area contributed by atoms with E-state index in [0.29, 0.717) is 6.07 Å². The van der Waals surface area contributed by atoms with Crippen LogP contribution in [0.3, 0.4) is 0 Å². The third kappa shape index (κ3) is 4.05. The third-order valence-electron chi connectivity index (χ3n) is 2.27. The summed E-state index contributed by atoms with van der Waals surface area (Å²) in [6.45, 7) is 2.54. The Balaban J connectivity index is 3.45. The molecule has 0 spiro atoms. The topological polar surface area (TPSA) is 69.7 Å². The number of rotatable bonds is 5. The summed E-state index contributed by atoms with van der Waals surface area (Å²) in [5.41, 5.74) is -1.42. The Kier molecular flexibility index (Phi) is 5.37. The van der Waals surface area contributed by atoms with Crippen LogP contribution < -0.4 is 0 Å². The van der Waals surface area contributed by atoms with Crippen molar-refractivity contribution in [2.75, 3.05) is 6.66 Å². The average molecular weight is 332 g/mol. The van der Waals surface area contributed by atoms with Gasteiger partial charge in [-0.15, -0.1) is 0 Å². The van der Waals surface area contributed by atoms with Crippen LogP contribution in [0.1, 0.15) is 18.1 Å². The van der Waals surface area contributed by atoms with Gasteiger partial charge in [0.05, 0.1) is 5.56 Å². The number of hydrogen-bond acceptors (Lipinski definition) is 5. The first kappa shape index (κ1) is 17.2. The first-order valence-corrected chi connectivity index (χ1v) is 8.63. The predicted molar refractivity (Wildman–Crippen MR) is 65.1 cm³/mol. The quantitative estimate of drug-likeness (QED) is 0.471. The number of hydrogen-bond donors (Lipinski definition) is 0. The summed E-state index contributed by atoms with van der Waals surface area (Å²) < 4.78 is 81.0. The molecule has 10 heteroatoms. The molecule has 0 fully saturated rings. The van der Waals surface area contributed by atoms with Crippen molar-refractivity contribution < 1.29 is 35.2 Å². The van der Waals surface area contributed by atoms with Crippen LogP contribution in [-0.2, 0) is 36.3 Å². The maximum Gasteiger partial charge on any atom is 0.417 e. The van der Waals surface area contributed by atoms with Crippen LogP contribution in [0.4, 0.5) is 13.2 Å². The van der Waals surface area contributed by atoms with E-state index < -0.39 is 34.8 Å². The Bertz CT molecular complexity index is 612. The Labute approximate surface area is 114 Å². The second-order valence-corrected chi connectivity index (χ2v) is 6.34. The monoisotopic (exact) mass is 332 g/mol. The molecule has 114 valence electrons. The van der Waals surface area contributed by atoms with Crippen molar-refractivity contribution in [1.82, 2.24) is 0 Å². The van der Waals surface area contributed by atoms with Gasteiger partial charge in [-0.1, -0.05) is 23.4 Å². The van der Waals surface area contributed by atoms with Crippen LogP contribution >= 0.6 is 8.03 Å². The fraction of sp³-hybridized carbons (Fsp3) is 0.400. The molecule has 1 atom stereocenters. The second-order valence-electron chi connectivity index (χ2n) is 3.74. The van der Waals surface area contributed by atoms with Crippen LogP contribution in [-0.4, -0.2) is 15.1 Å². The smallest absolute Gasteiger partial charge is 0.294 e. The molecule has 0 bridgehead atoms. The first-order chi connectivity index (χ1) is 9.09. The van der Waals surface area contributed by atoms with Gasteiger partial charge in [0.1, 0.15) is 4.90 Å². The van der Waals surface area contributed by atoms with Gasteiger partial charge in [0.25, 0.3) is 0 Å². The summed E-state index contributed by atoms with van der Waals surface area (Å²) in [7, 11) is -7.60. The van der Waals surface area contributed by atoms with E-state index in [9.17, 15) is 26.2 Å². The van der Waals surface area contributed by atoms with Gasteiger partial charge in [-0.2, -0.15) is 26.3 Å². The van der Waals surface area contributed by atoms with E-state index in [1.54, 1.807) is 0 Å². The Hall–Kier alpha value is -0.890. The minimum Gasteiger partial charge on any atom is -0.294 e. The van der Waals surface area contributed by atoms with Gasteiger partial charge >= 0.3 is 16.3 Å². The standard InChI is InChI=1S/C10H12F3O5PS/c1-3-7-5-4-6-8(10(11,12)13)9(7)20(15,16)18-17-19(2)14/h4-6,19H,3H2,1-2H3. The summed E-state index contributed by atoms with van der Waals surface area (Å²) in [5.74, 6) is 0. The molecule has 0 saturated heterocycles. The maximum absolute atomic E-state index is 12.9. The van der Waals surface area contributed by atoms with Gasteiger partial charge in [-0.25, -0.2) is 0 Å². The Morgan fingerprint density at radius 2 is 1.90 bits per heavy atom. The third-order valence-corrected chi connectivity index (χ3v) is 3.94. The predicted octanol–water partition coefficient (Wildman–Crippen LogP) is 3.01. The molecular weight excluding hydrogens is 320 g/mol. The lowest BCUT2D eigenvalue weighted by Crippen LogP contribution is -2.17. The van der Waals surface area contributed by atoms with Crippen molar-refractivity contribution in [2.45, 2.75) is 24.4 Å². The van der Waals surface area contributed by atoms with Crippen LogP contribution in [0.2, 0.25) is 0 Å². The minimum absolute atomic E-state index is 0.0448. The highest BCUT2D eigenvalue weighted by Gasteiger charge is 2.39. The molecule has 0 N–H and O–H groups in total. The fourth-order valence-electron chi connectivity index (χ4n) is 1.51. The van der Waals surface area contributed by atoms with Crippen molar-refractivity contribution in [1.29, 1.82) is 0 Å². The summed E-state index contributed by atoms with van der Waals surface area (Å²) in [5, 5.41) is 0. The highest BCUT2D eigenvalue weighted by Crippen LogP contribution is 2.37. The molecule has 1 aromatic rings. The zero-order chi connectivity index (χ0) is 15.6. The molecule has 0 amide bonds. The summed E-state index contributed by atoms with van der Waals surface area (Å²) in [6.07, 6.45) is -4.82. The number of aryl methyl sites for hydroxylation is 1. The lowest BCUT2D eigenvalue weighted by atomic mass is 10.1. The molecule has 1 unspecified atom stereocenters. The van der Waals surface area contributed by atoms with Crippen molar-refractivity contribution in [2.24, 2.45) is 0 Å². The molecule has 0 aliphatic carbocycles. The van der Waals surface area contributed by atoms with E-state index in [0.717, 1.165) is 12.7 Å². The van der Waals surface area contributed by atoms with E-state index in [4.69, 9.17) is 0 Å². The van der Waals surface area contributed by atoms with E-state index >= 15 is 0 Å². The highest BCUT2D eigenvalue weighted by molar-refractivity contribution is 7.86. The van der Waals surface area contributed by atoms with E-state index in [2.05, 4.69) is 9.01 Å². The molecule has 0 aliphatic heterocycles. The Morgan fingerprint density at radius 3 is 2.35 bits per heavy atom. The molecule has 0 radical (unpaired) electrons. The number of halogens is 3. The van der Waals surface area contributed by atoms with E-state index in [-0.39, 0.29) is 12.0 Å². The second kappa shape index (κ2) is 6.26. The van der Waals surface area contributed by atoms with Crippen molar-refractivity contribution in [3.05, 3.63) is 29.3 Å². The summed E-state index contributed by atoms with van der Waals surface area (Å²) in [4.78, 5) is -1.02. The van der Waals surface area contributed by atoms with E-state index in [1.165, 1.54) is 13.0 Å². The molecular formula is C10H12F3O5PS. The molecule has 1 rings (SSSR count). The van der Waals surface area contributed by atoms with Gasteiger partial charge in [0.2, 0.25) is 8.03 Å². The average Bonchev–Trinajstić information content (AvgIpc) is 2.34. The molecule has 5 nitrogen and oxygen atoms in total. The lowest BCUT2D eigenvalue weighted by molar-refractivity contribution is -0.140.